The van der Waals surface area contributed by atoms with E-state index in [1.165, 1.54) is 22.2 Å². The molecule has 0 aliphatic heterocycles. The normalized spacial score (nSPS) is 19.6. The molecule has 1 amide bonds. The minimum atomic E-state index is -0.965. The predicted octanol–water partition coefficient (Wildman–Crippen LogP) is 4.69. The highest BCUT2D eigenvalue weighted by atomic mass is 32.1. The number of rotatable bonds is 8. The van der Waals surface area contributed by atoms with E-state index in [-0.39, 0.29) is 17.9 Å². The molecule has 42 heavy (non-hydrogen) atoms. The van der Waals surface area contributed by atoms with Gasteiger partial charge in [0, 0.05) is 37.1 Å². The maximum atomic E-state index is 13.6. The maximum Gasteiger partial charge on any atom is 0.252 e. The van der Waals surface area contributed by atoms with Crippen molar-refractivity contribution in [3.63, 3.8) is 0 Å². The van der Waals surface area contributed by atoms with E-state index >= 15 is 0 Å². The lowest BCUT2D eigenvalue weighted by Gasteiger charge is -2.38. The summed E-state index contributed by atoms with van der Waals surface area (Å²) in [6, 6.07) is 7.10. The van der Waals surface area contributed by atoms with Crippen molar-refractivity contribution in [1.29, 1.82) is 0 Å². The molecule has 6 rings (SSSR count). The van der Waals surface area contributed by atoms with Crippen LogP contribution < -0.4 is 16.4 Å². The highest BCUT2D eigenvalue weighted by molar-refractivity contribution is 7.22. The van der Waals surface area contributed by atoms with Crippen LogP contribution in [-0.2, 0) is 9.53 Å². The lowest BCUT2D eigenvalue weighted by molar-refractivity contribution is -0.148. The number of nitrogen functional groups attached to an aromatic ring is 1. The van der Waals surface area contributed by atoms with Gasteiger partial charge in [-0.25, -0.2) is 24.0 Å². The molecule has 1 atom stereocenters. The Bertz CT molecular complexity index is 1720. The molecule has 1 aliphatic carbocycles. The third-order valence-corrected chi connectivity index (χ3v) is 8.60. The molecule has 0 bridgehead atoms. The number of nitrogens with zero attached hydrogens (tertiary/aromatic N) is 6. The van der Waals surface area contributed by atoms with Gasteiger partial charge in [-0.15, -0.1) is 0 Å². The van der Waals surface area contributed by atoms with Crippen molar-refractivity contribution >= 4 is 44.2 Å². The Labute approximate surface area is 244 Å². The van der Waals surface area contributed by atoms with E-state index in [0.717, 1.165) is 33.4 Å². The maximum absolute atomic E-state index is 13.6. The molecule has 5 heterocycles. The molecule has 0 unspecified atom stereocenters. The number of aromatic amines is 1. The van der Waals surface area contributed by atoms with Gasteiger partial charge in [0.05, 0.1) is 28.8 Å². The van der Waals surface area contributed by atoms with E-state index in [9.17, 15) is 9.18 Å². The van der Waals surface area contributed by atoms with Crippen LogP contribution in [-0.4, -0.2) is 53.5 Å². The number of aromatic nitrogens is 7. The van der Waals surface area contributed by atoms with Crippen molar-refractivity contribution in [1.82, 2.24) is 40.2 Å². The molecule has 5 aromatic heterocycles. The molecule has 0 spiro atoms. The number of hydrogen-bond acceptors (Lipinski definition) is 10. The second-order valence-corrected chi connectivity index (χ2v) is 11.6. The first-order chi connectivity index (χ1) is 20.2. The van der Waals surface area contributed by atoms with E-state index in [0.29, 0.717) is 48.3 Å². The number of halogens is 1. The van der Waals surface area contributed by atoms with Crippen LogP contribution in [0, 0.1) is 12.7 Å². The average Bonchev–Trinajstić information content (AvgIpc) is 3.71. The van der Waals surface area contributed by atoms with Gasteiger partial charge in [-0.1, -0.05) is 17.4 Å². The van der Waals surface area contributed by atoms with Crippen LogP contribution in [0.5, 0.6) is 0 Å². The Morgan fingerprint density at radius 3 is 2.69 bits per heavy atom. The Hall–Kier alpha value is -4.43. The number of thiazole rings is 1. The summed E-state index contributed by atoms with van der Waals surface area (Å²) in [5.74, 6) is 1.29. The van der Waals surface area contributed by atoms with Crippen LogP contribution in [0.3, 0.4) is 0 Å². The molecule has 0 aromatic carbocycles. The summed E-state index contributed by atoms with van der Waals surface area (Å²) in [6.07, 6.45) is 6.45. The number of nitrogens with two attached hydrogens (primary N) is 1. The minimum Gasteiger partial charge on any atom is -0.375 e. The third kappa shape index (κ3) is 5.42. The number of nitrogens with one attached hydrogen (secondary N) is 3. The number of anilines is 3. The van der Waals surface area contributed by atoms with Crippen LogP contribution in [0.2, 0.25) is 0 Å². The van der Waals surface area contributed by atoms with E-state index in [2.05, 4.69) is 35.9 Å². The minimum absolute atomic E-state index is 0.0778. The van der Waals surface area contributed by atoms with Crippen molar-refractivity contribution in [3.05, 3.63) is 65.6 Å². The molecule has 5 aromatic rings. The summed E-state index contributed by atoms with van der Waals surface area (Å²) in [5, 5.41) is 18.0. The molecular weight excluding hydrogens is 559 g/mol. The summed E-state index contributed by atoms with van der Waals surface area (Å²) in [5.41, 5.74) is 8.52. The van der Waals surface area contributed by atoms with Gasteiger partial charge in [0.15, 0.2) is 22.6 Å². The number of carbonyl (C=O) groups is 1. The van der Waals surface area contributed by atoms with Crippen molar-refractivity contribution < 1.29 is 13.9 Å². The van der Waals surface area contributed by atoms with Gasteiger partial charge in [0.1, 0.15) is 16.9 Å². The predicted molar refractivity (Wildman–Crippen MR) is 157 cm³/mol. The first-order valence-electron chi connectivity index (χ1n) is 13.6. The highest BCUT2D eigenvalue weighted by Gasteiger charge is 2.43. The van der Waals surface area contributed by atoms with Gasteiger partial charge in [-0.2, -0.15) is 10.2 Å². The summed E-state index contributed by atoms with van der Waals surface area (Å²) in [6.45, 7) is 3.83. The van der Waals surface area contributed by atoms with Crippen LogP contribution in [0.4, 0.5) is 21.2 Å². The quantitative estimate of drug-likeness (QED) is 0.201. The lowest BCUT2D eigenvalue weighted by atomic mass is 9.76. The average molecular weight is 591 g/mol. The first-order valence-corrected chi connectivity index (χ1v) is 14.4. The Balaban J connectivity index is 1.15. The van der Waals surface area contributed by atoms with Crippen LogP contribution >= 0.6 is 11.3 Å². The fourth-order valence-corrected chi connectivity index (χ4v) is 6.22. The van der Waals surface area contributed by atoms with Crippen LogP contribution in [0.25, 0.3) is 16.0 Å². The van der Waals surface area contributed by atoms with E-state index in [1.54, 1.807) is 19.4 Å². The van der Waals surface area contributed by atoms with Crippen molar-refractivity contribution in [2.24, 2.45) is 0 Å². The zero-order chi connectivity index (χ0) is 29.4. The fraction of sp³-hybridized carbons (Fsp3) is 0.357. The molecule has 1 fully saturated rings. The molecule has 12 nitrogen and oxygen atoms in total. The molecule has 5 N–H and O–H groups in total. The second kappa shape index (κ2) is 11.1. The van der Waals surface area contributed by atoms with Crippen LogP contribution in [0.1, 0.15) is 61.5 Å². The summed E-state index contributed by atoms with van der Waals surface area (Å²) < 4.78 is 21.5. The highest BCUT2D eigenvalue weighted by Crippen LogP contribution is 2.43. The number of amides is 1. The zero-order valence-electron chi connectivity index (χ0n) is 23.4. The standard InChI is InChI=1S/C28H31FN10O2S/c1-15-10-22(38-37-15)34-21-11-20-25(36-27(30)42-20)24(35-21)17-6-8-28(41-3,9-7-17)26(40)33-16(2)18-4-5-23(31-12-18)39-14-19(29)13-32-39/h4-5,10-14,16-17H,6-9H2,1-3H3,(H2,30,36)(H,33,40)(H2,34,35,37,38)/t16-,17-,28+/m0/s1. The molecule has 1 aliphatic rings. The molecule has 0 saturated heterocycles. The van der Waals surface area contributed by atoms with Gasteiger partial charge in [-0.3, -0.25) is 9.89 Å². The van der Waals surface area contributed by atoms with Crippen molar-refractivity contribution in [2.75, 3.05) is 18.2 Å². The second-order valence-electron chi connectivity index (χ2n) is 10.6. The molecule has 1 saturated carbocycles. The number of H-pyrrole nitrogens is 1. The fourth-order valence-electron chi connectivity index (χ4n) is 5.44. The number of ether oxygens (including phenoxy) is 1. The molecule has 0 radical (unpaired) electrons. The summed E-state index contributed by atoms with van der Waals surface area (Å²) in [7, 11) is 1.58. The molecular formula is C28H31FN10O2S. The lowest BCUT2D eigenvalue weighted by Crippen LogP contribution is -2.50. The Kier molecular flexibility index (Phi) is 7.33. The Morgan fingerprint density at radius 1 is 1.24 bits per heavy atom. The van der Waals surface area contributed by atoms with Crippen LogP contribution in [0.15, 0.2) is 42.9 Å². The number of fused-ring (bicyclic) bond motifs is 1. The SMILES string of the molecule is CO[C@]1(C(=O)N[C@@H](C)c2ccc(-n3cc(F)cn3)nc2)CC[C@H](c2nc(Nc3cc(C)[nH]n3)cc3sc(N)nc32)CC1. The number of carbonyl (C=O) groups excluding carboxylic acids is 1. The van der Waals surface area contributed by atoms with Gasteiger partial charge in [-0.05, 0) is 51.2 Å². The van der Waals surface area contributed by atoms with Crippen molar-refractivity contribution in [2.45, 2.75) is 57.1 Å². The number of methoxy groups -OCH3 is 1. The molecule has 14 heteroatoms. The Morgan fingerprint density at radius 2 is 2.05 bits per heavy atom. The summed E-state index contributed by atoms with van der Waals surface area (Å²) in [4.78, 5) is 27.4. The van der Waals surface area contributed by atoms with Gasteiger partial charge < -0.3 is 21.1 Å². The number of hydrogen-bond donors (Lipinski definition) is 4. The first kappa shape index (κ1) is 27.7. The van der Waals surface area contributed by atoms with E-state index in [1.807, 2.05) is 32.0 Å². The van der Waals surface area contributed by atoms with Gasteiger partial charge in [0.25, 0.3) is 5.91 Å². The summed E-state index contributed by atoms with van der Waals surface area (Å²) >= 11 is 1.42. The van der Waals surface area contributed by atoms with Crippen molar-refractivity contribution in [3.8, 4) is 5.82 Å². The number of pyridine rings is 2. The van der Waals surface area contributed by atoms with Gasteiger partial charge >= 0.3 is 0 Å². The third-order valence-electron chi connectivity index (χ3n) is 7.77. The number of aryl methyl sites for hydroxylation is 1. The van der Waals surface area contributed by atoms with E-state index in [4.69, 9.17) is 15.5 Å². The largest absolute Gasteiger partial charge is 0.375 e. The van der Waals surface area contributed by atoms with Gasteiger partial charge in [0.2, 0.25) is 0 Å². The van der Waals surface area contributed by atoms with E-state index < -0.39 is 11.4 Å². The topological polar surface area (TPSA) is 162 Å². The molecule has 218 valence electrons. The zero-order valence-corrected chi connectivity index (χ0v) is 24.2. The smallest absolute Gasteiger partial charge is 0.252 e. The monoisotopic (exact) mass is 590 g/mol.